The SMILES string of the molecule is [CH2]/C=C/c1cccc(OC(F)(F)F)c1C(F)(F)F. The number of allylic oxidation sites excluding steroid dienone is 1. The van der Waals surface area contributed by atoms with Gasteiger partial charge >= 0.3 is 12.5 Å². The van der Waals surface area contributed by atoms with Crippen molar-refractivity contribution in [2.24, 2.45) is 0 Å². The lowest BCUT2D eigenvalue weighted by molar-refractivity contribution is -0.276. The van der Waals surface area contributed by atoms with E-state index in [1.54, 1.807) is 0 Å². The highest BCUT2D eigenvalue weighted by Gasteiger charge is 2.40. The molecule has 1 aromatic carbocycles. The molecule has 0 aliphatic rings. The third-order valence-corrected chi connectivity index (χ3v) is 1.87. The Bertz CT molecular complexity index is 444. The van der Waals surface area contributed by atoms with E-state index in [0.29, 0.717) is 6.07 Å². The first-order chi connectivity index (χ1) is 8.15. The highest BCUT2D eigenvalue weighted by molar-refractivity contribution is 5.59. The van der Waals surface area contributed by atoms with Crippen molar-refractivity contribution < 1.29 is 31.1 Å². The van der Waals surface area contributed by atoms with Crippen molar-refractivity contribution in [1.29, 1.82) is 0 Å². The van der Waals surface area contributed by atoms with Crippen LogP contribution in [0.2, 0.25) is 0 Å². The molecule has 99 valence electrons. The van der Waals surface area contributed by atoms with Crippen molar-refractivity contribution in [2.75, 3.05) is 0 Å². The highest BCUT2D eigenvalue weighted by Crippen LogP contribution is 2.41. The molecule has 0 heterocycles. The van der Waals surface area contributed by atoms with Gasteiger partial charge in [-0.1, -0.05) is 24.3 Å². The van der Waals surface area contributed by atoms with Crippen LogP contribution in [0.3, 0.4) is 0 Å². The van der Waals surface area contributed by atoms with E-state index in [-0.39, 0.29) is 0 Å². The second-order valence-electron chi connectivity index (χ2n) is 3.17. The second kappa shape index (κ2) is 4.91. The van der Waals surface area contributed by atoms with Gasteiger partial charge in [0.15, 0.2) is 0 Å². The quantitative estimate of drug-likeness (QED) is 0.720. The fourth-order valence-electron chi connectivity index (χ4n) is 1.33. The Kier molecular flexibility index (Phi) is 3.93. The van der Waals surface area contributed by atoms with Gasteiger partial charge in [-0.2, -0.15) is 13.2 Å². The van der Waals surface area contributed by atoms with Crippen LogP contribution >= 0.6 is 0 Å². The van der Waals surface area contributed by atoms with Crippen LogP contribution in [0.25, 0.3) is 6.08 Å². The standard InChI is InChI=1S/C11H7F6O/c1-2-4-7-5-3-6-8(18-11(15,16)17)9(7)10(12,13)14/h2-6H,1H2/b4-2+. The first-order valence-corrected chi connectivity index (χ1v) is 4.57. The van der Waals surface area contributed by atoms with E-state index >= 15 is 0 Å². The summed E-state index contributed by atoms with van der Waals surface area (Å²) in [4.78, 5) is 0. The fourth-order valence-corrected chi connectivity index (χ4v) is 1.33. The van der Waals surface area contributed by atoms with Crippen LogP contribution in [0, 0.1) is 6.92 Å². The predicted octanol–water partition coefficient (Wildman–Crippen LogP) is 4.45. The molecule has 0 saturated heterocycles. The average Bonchev–Trinajstić information content (AvgIpc) is 2.13. The van der Waals surface area contributed by atoms with Gasteiger partial charge in [-0.3, -0.25) is 0 Å². The van der Waals surface area contributed by atoms with E-state index in [0.717, 1.165) is 24.3 Å². The van der Waals surface area contributed by atoms with E-state index in [9.17, 15) is 26.3 Å². The maximum absolute atomic E-state index is 12.7. The van der Waals surface area contributed by atoms with E-state index in [1.165, 1.54) is 0 Å². The summed E-state index contributed by atoms with van der Waals surface area (Å²) in [7, 11) is 0. The molecule has 1 rings (SSSR count). The zero-order valence-corrected chi connectivity index (χ0v) is 8.77. The molecule has 0 fully saturated rings. The van der Waals surface area contributed by atoms with Gasteiger partial charge in [0.25, 0.3) is 0 Å². The van der Waals surface area contributed by atoms with Gasteiger partial charge in [-0.25, -0.2) is 0 Å². The zero-order chi connectivity index (χ0) is 14.0. The van der Waals surface area contributed by atoms with Crippen LogP contribution in [-0.2, 0) is 6.18 Å². The lowest BCUT2D eigenvalue weighted by Gasteiger charge is -2.17. The molecule has 1 nitrogen and oxygen atoms in total. The number of benzene rings is 1. The molecular weight excluding hydrogens is 262 g/mol. The summed E-state index contributed by atoms with van der Waals surface area (Å²) in [6.07, 6.45) is -8.16. The first kappa shape index (κ1) is 14.4. The van der Waals surface area contributed by atoms with Crippen molar-refractivity contribution >= 4 is 6.08 Å². The van der Waals surface area contributed by atoms with Gasteiger partial charge in [0.1, 0.15) is 11.3 Å². The molecule has 1 aromatic rings. The smallest absolute Gasteiger partial charge is 0.405 e. The average molecular weight is 269 g/mol. The molecule has 0 saturated carbocycles. The summed E-state index contributed by atoms with van der Waals surface area (Å²) >= 11 is 0. The van der Waals surface area contributed by atoms with Crippen molar-refractivity contribution in [3.63, 3.8) is 0 Å². The molecule has 7 heteroatoms. The Balaban J connectivity index is 3.38. The Morgan fingerprint density at radius 1 is 1.06 bits per heavy atom. The van der Waals surface area contributed by atoms with Gasteiger partial charge in [-0.15, -0.1) is 13.2 Å². The van der Waals surface area contributed by atoms with Gasteiger partial charge < -0.3 is 4.74 Å². The third-order valence-electron chi connectivity index (χ3n) is 1.87. The summed E-state index contributed by atoms with van der Waals surface area (Å²) in [5.74, 6) is -1.29. The molecule has 0 aromatic heterocycles. The molecule has 0 aliphatic carbocycles. The van der Waals surface area contributed by atoms with Crippen LogP contribution in [0.15, 0.2) is 24.3 Å². The summed E-state index contributed by atoms with van der Waals surface area (Å²) < 4.78 is 77.5. The van der Waals surface area contributed by atoms with Crippen molar-refractivity contribution in [3.8, 4) is 5.75 Å². The minimum absolute atomic E-state index is 0.445. The molecule has 0 aliphatic heterocycles. The molecule has 0 N–H and O–H groups in total. The monoisotopic (exact) mass is 269 g/mol. The van der Waals surface area contributed by atoms with Gasteiger partial charge in [-0.05, 0) is 18.6 Å². The van der Waals surface area contributed by atoms with Crippen LogP contribution in [-0.4, -0.2) is 6.36 Å². The van der Waals surface area contributed by atoms with E-state index in [2.05, 4.69) is 11.7 Å². The van der Waals surface area contributed by atoms with Gasteiger partial charge in [0.2, 0.25) is 0 Å². The van der Waals surface area contributed by atoms with Crippen LogP contribution in [0.1, 0.15) is 11.1 Å². The maximum Gasteiger partial charge on any atom is 0.573 e. The molecule has 0 unspecified atom stereocenters. The second-order valence-corrected chi connectivity index (χ2v) is 3.17. The molecule has 0 spiro atoms. The first-order valence-electron chi connectivity index (χ1n) is 4.57. The predicted molar refractivity (Wildman–Crippen MR) is 52.5 cm³/mol. The maximum atomic E-state index is 12.7. The minimum atomic E-state index is -5.19. The molecule has 1 radical (unpaired) electrons. The Morgan fingerprint density at radius 2 is 1.67 bits per heavy atom. The number of hydrogen-bond acceptors (Lipinski definition) is 1. The minimum Gasteiger partial charge on any atom is -0.405 e. The Labute approximate surface area is 98.7 Å². The summed E-state index contributed by atoms with van der Waals surface area (Å²) in [6, 6.07) is 2.66. The van der Waals surface area contributed by atoms with Gasteiger partial charge in [0, 0.05) is 0 Å². The Morgan fingerprint density at radius 3 is 2.11 bits per heavy atom. The highest BCUT2D eigenvalue weighted by atomic mass is 19.4. The summed E-state index contributed by atoms with van der Waals surface area (Å²) in [5.41, 5.74) is -1.93. The number of rotatable bonds is 2. The van der Waals surface area contributed by atoms with Crippen LogP contribution in [0.4, 0.5) is 26.3 Å². The lowest BCUT2D eigenvalue weighted by atomic mass is 10.1. The van der Waals surface area contributed by atoms with E-state index in [4.69, 9.17) is 0 Å². The van der Waals surface area contributed by atoms with E-state index in [1.807, 2.05) is 0 Å². The normalized spacial score (nSPS) is 13.1. The molecule has 0 bridgehead atoms. The number of ether oxygens (including phenoxy) is 1. The van der Waals surface area contributed by atoms with E-state index < -0.39 is 29.4 Å². The van der Waals surface area contributed by atoms with Crippen molar-refractivity contribution in [2.45, 2.75) is 12.5 Å². The molecular formula is C11H7F6O. The summed E-state index contributed by atoms with van der Waals surface area (Å²) in [5, 5.41) is 0. The van der Waals surface area contributed by atoms with Gasteiger partial charge in [0.05, 0.1) is 0 Å². The molecule has 0 atom stereocenters. The number of alkyl halides is 6. The summed E-state index contributed by atoms with van der Waals surface area (Å²) in [6.45, 7) is 3.20. The lowest BCUT2D eigenvalue weighted by Crippen LogP contribution is -2.20. The molecule has 0 amide bonds. The van der Waals surface area contributed by atoms with Crippen LogP contribution < -0.4 is 4.74 Å². The Hall–Kier alpha value is -1.66. The third kappa shape index (κ3) is 3.68. The topological polar surface area (TPSA) is 9.23 Å². The van der Waals surface area contributed by atoms with Crippen molar-refractivity contribution in [3.05, 3.63) is 42.3 Å². The largest absolute Gasteiger partial charge is 0.573 e. The fraction of sp³-hybridized carbons (Fsp3) is 0.182. The number of hydrogen-bond donors (Lipinski definition) is 0. The van der Waals surface area contributed by atoms with Crippen molar-refractivity contribution in [1.82, 2.24) is 0 Å². The number of halogens is 6. The molecule has 18 heavy (non-hydrogen) atoms. The van der Waals surface area contributed by atoms with Crippen LogP contribution in [0.5, 0.6) is 5.75 Å². The zero-order valence-electron chi connectivity index (χ0n) is 8.77.